The number of likely N-dealkylation sites (tertiary alicyclic amines) is 1. The number of hydrogen-bond donors (Lipinski definition) is 0. The van der Waals surface area contributed by atoms with Gasteiger partial charge in [-0.25, -0.2) is 0 Å². The molecule has 14 heavy (non-hydrogen) atoms. The summed E-state index contributed by atoms with van der Waals surface area (Å²) in [7, 11) is 0. The smallest absolute Gasteiger partial charge is 0.00953 e. The number of hydrogen-bond acceptors (Lipinski definition) is 1. The Morgan fingerprint density at radius 2 is 1.86 bits per heavy atom. The lowest BCUT2D eigenvalue weighted by atomic mass is 9.84. The summed E-state index contributed by atoms with van der Waals surface area (Å²) < 4.78 is 0. The summed E-state index contributed by atoms with van der Waals surface area (Å²) >= 11 is 0. The van der Waals surface area contributed by atoms with E-state index in [9.17, 15) is 0 Å². The standard InChI is InChI=1S/C13H25N/c1-3-12-10-14(9-8-11(12)2)13-6-4-5-7-13/h11-13H,3-10H2,1-2H3. The molecule has 1 nitrogen and oxygen atoms in total. The Labute approximate surface area is 88.9 Å². The lowest BCUT2D eigenvalue weighted by molar-refractivity contribution is 0.0875. The third kappa shape index (κ3) is 2.13. The summed E-state index contributed by atoms with van der Waals surface area (Å²) in [4.78, 5) is 2.79. The fourth-order valence-electron chi connectivity index (χ4n) is 3.31. The lowest BCUT2D eigenvalue weighted by Gasteiger charge is -2.40. The van der Waals surface area contributed by atoms with Gasteiger partial charge >= 0.3 is 0 Å². The molecule has 0 amide bonds. The van der Waals surface area contributed by atoms with E-state index in [-0.39, 0.29) is 0 Å². The number of piperidine rings is 1. The summed E-state index contributed by atoms with van der Waals surface area (Å²) in [6, 6.07) is 0.955. The van der Waals surface area contributed by atoms with E-state index in [1.54, 1.807) is 0 Å². The Bertz CT molecular complexity index is 172. The van der Waals surface area contributed by atoms with Crippen molar-refractivity contribution in [2.75, 3.05) is 13.1 Å². The molecule has 0 spiro atoms. The lowest BCUT2D eigenvalue weighted by Crippen LogP contribution is -2.44. The van der Waals surface area contributed by atoms with Crippen LogP contribution >= 0.6 is 0 Å². The van der Waals surface area contributed by atoms with Gasteiger partial charge < -0.3 is 4.90 Å². The first-order valence-electron chi connectivity index (χ1n) is 6.55. The predicted octanol–water partition coefficient (Wildman–Crippen LogP) is 3.30. The molecule has 1 aliphatic heterocycles. The Hall–Kier alpha value is -0.0400. The minimum Gasteiger partial charge on any atom is -0.300 e. The van der Waals surface area contributed by atoms with E-state index in [1.807, 2.05) is 0 Å². The third-order valence-electron chi connectivity index (χ3n) is 4.51. The van der Waals surface area contributed by atoms with Crippen LogP contribution in [0.2, 0.25) is 0 Å². The first-order valence-corrected chi connectivity index (χ1v) is 6.55. The van der Waals surface area contributed by atoms with E-state index in [4.69, 9.17) is 0 Å². The van der Waals surface area contributed by atoms with Crippen molar-refractivity contribution in [1.82, 2.24) is 4.90 Å². The summed E-state index contributed by atoms with van der Waals surface area (Å²) in [5.41, 5.74) is 0. The zero-order chi connectivity index (χ0) is 9.97. The van der Waals surface area contributed by atoms with Gasteiger partial charge in [-0.3, -0.25) is 0 Å². The van der Waals surface area contributed by atoms with Crippen molar-refractivity contribution in [3.8, 4) is 0 Å². The molecule has 2 fully saturated rings. The fourth-order valence-corrected chi connectivity index (χ4v) is 3.31. The van der Waals surface area contributed by atoms with Gasteiger partial charge in [-0.1, -0.05) is 33.1 Å². The van der Waals surface area contributed by atoms with E-state index >= 15 is 0 Å². The van der Waals surface area contributed by atoms with Crippen molar-refractivity contribution < 1.29 is 0 Å². The fraction of sp³-hybridized carbons (Fsp3) is 1.00. The summed E-state index contributed by atoms with van der Waals surface area (Å²) in [5, 5.41) is 0. The monoisotopic (exact) mass is 195 g/mol. The van der Waals surface area contributed by atoms with Crippen LogP contribution in [0.15, 0.2) is 0 Å². The molecular weight excluding hydrogens is 170 g/mol. The molecular formula is C13H25N. The summed E-state index contributed by atoms with van der Waals surface area (Å²) in [6.45, 7) is 7.57. The van der Waals surface area contributed by atoms with E-state index in [0.717, 1.165) is 17.9 Å². The molecule has 1 heteroatoms. The molecule has 2 atom stereocenters. The molecule has 82 valence electrons. The second kappa shape index (κ2) is 4.65. The number of rotatable bonds is 2. The third-order valence-corrected chi connectivity index (χ3v) is 4.51. The molecule has 0 bridgehead atoms. The zero-order valence-corrected chi connectivity index (χ0v) is 9.84. The van der Waals surface area contributed by atoms with Gasteiger partial charge in [0, 0.05) is 12.6 Å². The van der Waals surface area contributed by atoms with Crippen molar-refractivity contribution in [1.29, 1.82) is 0 Å². The maximum Gasteiger partial charge on any atom is 0.00953 e. The minimum atomic E-state index is 0.955. The normalized spacial score (nSPS) is 36.4. The van der Waals surface area contributed by atoms with E-state index in [2.05, 4.69) is 18.7 Å². The van der Waals surface area contributed by atoms with Crippen molar-refractivity contribution in [3.05, 3.63) is 0 Å². The van der Waals surface area contributed by atoms with Gasteiger partial charge in [-0.05, 0) is 37.6 Å². The van der Waals surface area contributed by atoms with Crippen LogP contribution < -0.4 is 0 Å². The molecule has 2 unspecified atom stereocenters. The zero-order valence-electron chi connectivity index (χ0n) is 9.84. The van der Waals surface area contributed by atoms with Gasteiger partial charge in [0.25, 0.3) is 0 Å². The largest absolute Gasteiger partial charge is 0.300 e. The highest BCUT2D eigenvalue weighted by molar-refractivity contribution is 4.84. The Balaban J connectivity index is 1.88. The second-order valence-corrected chi connectivity index (χ2v) is 5.37. The molecule has 2 rings (SSSR count). The quantitative estimate of drug-likeness (QED) is 0.653. The molecule has 0 aromatic carbocycles. The molecule has 0 N–H and O–H groups in total. The van der Waals surface area contributed by atoms with Gasteiger partial charge in [0.1, 0.15) is 0 Å². The Morgan fingerprint density at radius 3 is 2.50 bits per heavy atom. The van der Waals surface area contributed by atoms with E-state index in [1.165, 1.54) is 51.6 Å². The van der Waals surface area contributed by atoms with Gasteiger partial charge in [0.2, 0.25) is 0 Å². The average molecular weight is 195 g/mol. The molecule has 1 heterocycles. The Morgan fingerprint density at radius 1 is 1.14 bits per heavy atom. The Kier molecular flexibility index (Phi) is 3.48. The van der Waals surface area contributed by atoms with Crippen molar-refractivity contribution in [2.24, 2.45) is 11.8 Å². The first-order chi connectivity index (χ1) is 6.81. The highest BCUT2D eigenvalue weighted by atomic mass is 15.2. The van der Waals surface area contributed by atoms with Crippen LogP contribution in [-0.4, -0.2) is 24.0 Å². The molecule has 0 radical (unpaired) electrons. The average Bonchev–Trinajstić information content (AvgIpc) is 2.71. The molecule has 1 aliphatic carbocycles. The molecule has 2 aliphatic rings. The van der Waals surface area contributed by atoms with Crippen LogP contribution in [0, 0.1) is 11.8 Å². The van der Waals surface area contributed by atoms with Crippen molar-refractivity contribution in [3.63, 3.8) is 0 Å². The maximum absolute atomic E-state index is 2.79. The highest BCUT2D eigenvalue weighted by Gasteiger charge is 2.30. The van der Waals surface area contributed by atoms with Crippen LogP contribution in [0.5, 0.6) is 0 Å². The minimum absolute atomic E-state index is 0.955. The molecule has 1 saturated carbocycles. The summed E-state index contributed by atoms with van der Waals surface area (Å²) in [6.07, 6.45) is 8.73. The van der Waals surface area contributed by atoms with Crippen molar-refractivity contribution >= 4 is 0 Å². The summed E-state index contributed by atoms with van der Waals surface area (Å²) in [5.74, 6) is 1.95. The topological polar surface area (TPSA) is 3.24 Å². The first kappa shape index (κ1) is 10.5. The van der Waals surface area contributed by atoms with Crippen LogP contribution in [-0.2, 0) is 0 Å². The maximum atomic E-state index is 2.79. The van der Waals surface area contributed by atoms with E-state index in [0.29, 0.717) is 0 Å². The highest BCUT2D eigenvalue weighted by Crippen LogP contribution is 2.31. The number of nitrogens with zero attached hydrogens (tertiary/aromatic N) is 1. The van der Waals surface area contributed by atoms with Crippen LogP contribution in [0.1, 0.15) is 52.4 Å². The van der Waals surface area contributed by atoms with Crippen LogP contribution in [0.4, 0.5) is 0 Å². The predicted molar refractivity (Wildman–Crippen MR) is 61.4 cm³/mol. The molecule has 0 aromatic rings. The molecule has 1 saturated heterocycles. The second-order valence-electron chi connectivity index (χ2n) is 5.37. The van der Waals surface area contributed by atoms with Crippen LogP contribution in [0.25, 0.3) is 0 Å². The SMILES string of the molecule is CCC1CN(C2CCCC2)CCC1C. The van der Waals surface area contributed by atoms with Gasteiger partial charge in [-0.15, -0.1) is 0 Å². The van der Waals surface area contributed by atoms with E-state index < -0.39 is 0 Å². The van der Waals surface area contributed by atoms with Gasteiger partial charge in [-0.2, -0.15) is 0 Å². The van der Waals surface area contributed by atoms with Crippen molar-refractivity contribution in [2.45, 2.75) is 58.4 Å². The van der Waals surface area contributed by atoms with Gasteiger partial charge in [0.15, 0.2) is 0 Å². The molecule has 0 aromatic heterocycles. The van der Waals surface area contributed by atoms with Gasteiger partial charge in [0.05, 0.1) is 0 Å². The van der Waals surface area contributed by atoms with Crippen LogP contribution in [0.3, 0.4) is 0 Å².